The third-order valence-corrected chi connectivity index (χ3v) is 6.43. The zero-order valence-electron chi connectivity index (χ0n) is 13.0. The van der Waals surface area contributed by atoms with Gasteiger partial charge in [-0.3, -0.25) is 4.79 Å². The van der Waals surface area contributed by atoms with Gasteiger partial charge in [0.05, 0.1) is 0 Å². The van der Waals surface area contributed by atoms with E-state index in [-0.39, 0.29) is 19.3 Å². The molecule has 1 unspecified atom stereocenters. The molecule has 23 heavy (non-hydrogen) atoms. The second-order valence-electron chi connectivity index (χ2n) is 6.03. The number of sulfone groups is 1. The van der Waals surface area contributed by atoms with Gasteiger partial charge in [0, 0.05) is 12.7 Å². The van der Waals surface area contributed by atoms with Crippen LogP contribution in [0.1, 0.15) is 31.2 Å². The number of amides is 1. The van der Waals surface area contributed by atoms with Crippen molar-refractivity contribution < 1.29 is 23.1 Å². The number of carbonyl (C=O) groups excluding carboxylic acids is 1. The predicted molar refractivity (Wildman–Crippen MR) is 85.8 cm³/mol. The van der Waals surface area contributed by atoms with Crippen LogP contribution in [-0.4, -0.2) is 42.4 Å². The molecule has 1 saturated carbocycles. The van der Waals surface area contributed by atoms with Crippen molar-refractivity contribution in [1.82, 2.24) is 5.32 Å². The molecule has 6 nitrogen and oxygen atoms in total. The Morgan fingerprint density at radius 2 is 1.78 bits per heavy atom. The zero-order valence-corrected chi connectivity index (χ0v) is 13.8. The number of nitrogens with one attached hydrogen (secondary N) is 1. The standard InChI is InChI=1S/C16H21NO5S/c1-23(21,22)16(9-5-6-10-16)15(20)17-13(14(18)19)11-12-7-3-2-4-8-12/h2-4,7-8,13H,5-6,9-11H2,1H3,(H,17,20)(H,18,19). The lowest BCUT2D eigenvalue weighted by molar-refractivity contribution is -0.142. The van der Waals surface area contributed by atoms with E-state index in [1.165, 1.54) is 0 Å². The van der Waals surface area contributed by atoms with Gasteiger partial charge in [-0.25, -0.2) is 13.2 Å². The van der Waals surface area contributed by atoms with Crippen molar-refractivity contribution in [2.24, 2.45) is 0 Å². The van der Waals surface area contributed by atoms with Crippen LogP contribution in [0.3, 0.4) is 0 Å². The molecule has 2 N–H and O–H groups in total. The molecule has 0 spiro atoms. The van der Waals surface area contributed by atoms with Crippen LogP contribution in [0.15, 0.2) is 30.3 Å². The first-order chi connectivity index (χ1) is 10.8. The van der Waals surface area contributed by atoms with Gasteiger partial charge in [-0.1, -0.05) is 43.2 Å². The Labute approximate surface area is 135 Å². The fourth-order valence-electron chi connectivity index (χ4n) is 3.05. The van der Waals surface area contributed by atoms with Crippen molar-refractivity contribution in [2.75, 3.05) is 6.26 Å². The van der Waals surface area contributed by atoms with Gasteiger partial charge in [-0.15, -0.1) is 0 Å². The summed E-state index contributed by atoms with van der Waals surface area (Å²) in [5, 5.41) is 11.8. The van der Waals surface area contributed by atoms with Gasteiger partial charge in [-0.05, 0) is 18.4 Å². The number of carbonyl (C=O) groups is 2. The Morgan fingerprint density at radius 1 is 1.22 bits per heavy atom. The maximum absolute atomic E-state index is 12.6. The van der Waals surface area contributed by atoms with Crippen molar-refractivity contribution in [3.63, 3.8) is 0 Å². The fourth-order valence-corrected chi connectivity index (χ4v) is 4.48. The highest BCUT2D eigenvalue weighted by Crippen LogP contribution is 2.36. The van der Waals surface area contributed by atoms with Crippen LogP contribution in [0.4, 0.5) is 0 Å². The molecule has 1 amide bonds. The summed E-state index contributed by atoms with van der Waals surface area (Å²) in [5.41, 5.74) is 0.764. The minimum atomic E-state index is -3.61. The quantitative estimate of drug-likeness (QED) is 0.810. The maximum atomic E-state index is 12.6. The number of hydrogen-bond donors (Lipinski definition) is 2. The summed E-state index contributed by atoms with van der Waals surface area (Å²) in [7, 11) is -3.61. The molecule has 0 aliphatic heterocycles. The SMILES string of the molecule is CS(=O)(=O)C1(C(=O)NC(Cc2ccccc2)C(=O)O)CCCC1. The van der Waals surface area contributed by atoms with Gasteiger partial charge < -0.3 is 10.4 Å². The van der Waals surface area contributed by atoms with E-state index in [1.807, 2.05) is 6.07 Å². The molecule has 0 radical (unpaired) electrons. The Morgan fingerprint density at radius 3 is 2.26 bits per heavy atom. The van der Waals surface area contributed by atoms with Gasteiger partial charge >= 0.3 is 5.97 Å². The summed E-state index contributed by atoms with van der Waals surface area (Å²) in [6.45, 7) is 0. The van der Waals surface area contributed by atoms with Crippen LogP contribution in [0.5, 0.6) is 0 Å². The highest BCUT2D eigenvalue weighted by molar-refractivity contribution is 7.92. The minimum Gasteiger partial charge on any atom is -0.480 e. The minimum absolute atomic E-state index is 0.113. The summed E-state index contributed by atoms with van der Waals surface area (Å²) >= 11 is 0. The molecule has 0 saturated heterocycles. The molecule has 2 rings (SSSR count). The molecule has 1 atom stereocenters. The van der Waals surface area contributed by atoms with E-state index in [0.29, 0.717) is 12.8 Å². The van der Waals surface area contributed by atoms with Gasteiger partial charge in [0.2, 0.25) is 5.91 Å². The van der Waals surface area contributed by atoms with Crippen LogP contribution < -0.4 is 5.32 Å². The maximum Gasteiger partial charge on any atom is 0.326 e. The fraction of sp³-hybridized carbons (Fsp3) is 0.500. The van der Waals surface area contributed by atoms with Gasteiger partial charge in [0.25, 0.3) is 0 Å². The molecule has 1 aliphatic rings. The van der Waals surface area contributed by atoms with Crippen molar-refractivity contribution in [3.8, 4) is 0 Å². The first-order valence-corrected chi connectivity index (χ1v) is 9.43. The van der Waals surface area contributed by atoms with Crippen molar-refractivity contribution >= 4 is 21.7 Å². The highest BCUT2D eigenvalue weighted by Gasteiger charge is 2.50. The number of aliphatic carboxylic acids is 1. The summed E-state index contributed by atoms with van der Waals surface area (Å²) in [5.74, 6) is -1.87. The normalized spacial score (nSPS) is 18.3. The summed E-state index contributed by atoms with van der Waals surface area (Å²) in [6, 6.07) is 7.77. The monoisotopic (exact) mass is 339 g/mol. The second kappa shape index (κ2) is 6.70. The first kappa shape index (κ1) is 17.5. The lowest BCUT2D eigenvalue weighted by atomic mass is 10.0. The van der Waals surface area contributed by atoms with E-state index in [0.717, 1.165) is 11.8 Å². The zero-order chi connectivity index (χ0) is 17.1. The average molecular weight is 339 g/mol. The van der Waals surface area contributed by atoms with Crippen LogP contribution in [0, 0.1) is 0 Å². The Balaban J connectivity index is 2.19. The Hall–Kier alpha value is -1.89. The molecular formula is C16H21NO5S. The molecule has 0 heterocycles. The summed E-state index contributed by atoms with van der Waals surface area (Å²) < 4.78 is 22.7. The largest absolute Gasteiger partial charge is 0.480 e. The van der Waals surface area contributed by atoms with Crippen molar-refractivity contribution in [1.29, 1.82) is 0 Å². The van der Waals surface area contributed by atoms with Crippen LogP contribution >= 0.6 is 0 Å². The predicted octanol–water partition coefficient (Wildman–Crippen LogP) is 1.16. The highest BCUT2D eigenvalue weighted by atomic mass is 32.2. The average Bonchev–Trinajstić information content (AvgIpc) is 2.98. The van der Waals surface area contributed by atoms with E-state index in [1.54, 1.807) is 24.3 Å². The molecular weight excluding hydrogens is 318 g/mol. The molecule has 7 heteroatoms. The second-order valence-corrected chi connectivity index (χ2v) is 8.35. The lowest BCUT2D eigenvalue weighted by Crippen LogP contribution is -2.55. The molecule has 126 valence electrons. The first-order valence-electron chi connectivity index (χ1n) is 7.53. The molecule has 1 aromatic carbocycles. The number of hydrogen-bond acceptors (Lipinski definition) is 4. The third kappa shape index (κ3) is 3.72. The van der Waals surface area contributed by atoms with E-state index < -0.39 is 32.5 Å². The summed E-state index contributed by atoms with van der Waals surface area (Å²) in [6.07, 6.45) is 2.95. The van der Waals surface area contributed by atoms with Gasteiger partial charge in [0.1, 0.15) is 10.8 Å². The lowest BCUT2D eigenvalue weighted by Gasteiger charge is -2.27. The van der Waals surface area contributed by atoms with Gasteiger partial charge in [-0.2, -0.15) is 0 Å². The van der Waals surface area contributed by atoms with Crippen molar-refractivity contribution in [2.45, 2.75) is 42.9 Å². The molecule has 1 aromatic rings. The summed E-state index contributed by atoms with van der Waals surface area (Å²) in [4.78, 5) is 24.0. The molecule has 1 fully saturated rings. The number of carboxylic acids is 1. The van der Waals surface area contributed by atoms with Crippen molar-refractivity contribution in [3.05, 3.63) is 35.9 Å². The van der Waals surface area contributed by atoms with Crippen LogP contribution in [0.25, 0.3) is 0 Å². The van der Waals surface area contributed by atoms with E-state index in [9.17, 15) is 23.1 Å². The topological polar surface area (TPSA) is 101 Å². The molecule has 0 bridgehead atoms. The molecule has 0 aromatic heterocycles. The number of carboxylic acid groups (broad SMARTS) is 1. The van der Waals surface area contributed by atoms with Crippen LogP contribution in [-0.2, 0) is 25.8 Å². The van der Waals surface area contributed by atoms with E-state index in [2.05, 4.69) is 5.32 Å². The van der Waals surface area contributed by atoms with Gasteiger partial charge in [0.15, 0.2) is 9.84 Å². The van der Waals surface area contributed by atoms with E-state index in [4.69, 9.17) is 0 Å². The smallest absolute Gasteiger partial charge is 0.326 e. The third-order valence-electron chi connectivity index (χ3n) is 4.42. The van der Waals surface area contributed by atoms with E-state index >= 15 is 0 Å². The molecule has 1 aliphatic carbocycles. The van der Waals surface area contributed by atoms with Crippen LogP contribution in [0.2, 0.25) is 0 Å². The number of rotatable bonds is 6. The Kier molecular flexibility index (Phi) is 5.09. The Bertz CT molecular complexity index is 678. The number of benzene rings is 1.